The summed E-state index contributed by atoms with van der Waals surface area (Å²) in [4.78, 5) is 28.9. The van der Waals surface area contributed by atoms with Gasteiger partial charge in [0.1, 0.15) is 17.9 Å². The van der Waals surface area contributed by atoms with Crippen LogP contribution in [-0.2, 0) is 22.4 Å². The summed E-state index contributed by atoms with van der Waals surface area (Å²) >= 11 is 0. The summed E-state index contributed by atoms with van der Waals surface area (Å²) in [5, 5.41) is 9.78. The van der Waals surface area contributed by atoms with Crippen LogP contribution >= 0.6 is 0 Å². The van der Waals surface area contributed by atoms with Crippen LogP contribution < -0.4 is 20.7 Å². The fraction of sp³-hybridized carbons (Fsp3) is 0.714. The Hall–Kier alpha value is -2.12. The molecule has 5 unspecified atom stereocenters. The lowest BCUT2D eigenvalue weighted by Gasteiger charge is -2.36. The third-order valence-corrected chi connectivity index (χ3v) is 8.84. The highest BCUT2D eigenvalue weighted by molar-refractivity contribution is 5.90. The van der Waals surface area contributed by atoms with Crippen LogP contribution in [0, 0.1) is 5.92 Å². The molecule has 0 bridgehead atoms. The summed E-state index contributed by atoms with van der Waals surface area (Å²) in [6, 6.07) is 5.91. The van der Waals surface area contributed by atoms with Crippen molar-refractivity contribution in [3.05, 3.63) is 29.3 Å². The van der Waals surface area contributed by atoms with Crippen LogP contribution in [0.5, 0.6) is 5.75 Å². The summed E-state index contributed by atoms with van der Waals surface area (Å²) < 4.78 is 6.68. The van der Waals surface area contributed by atoms with Gasteiger partial charge in [0, 0.05) is 19.1 Å². The molecule has 1 aromatic rings. The van der Waals surface area contributed by atoms with Gasteiger partial charge >= 0.3 is 0 Å². The molecular weight excluding hydrogens is 440 g/mol. The van der Waals surface area contributed by atoms with Gasteiger partial charge < -0.3 is 25.6 Å². The molecule has 2 amide bonds. The predicted octanol–water partition coefficient (Wildman–Crippen LogP) is 2.56. The molecule has 2 aliphatic heterocycles. The van der Waals surface area contributed by atoms with Crippen LogP contribution in [-0.4, -0.2) is 67.1 Å². The average Bonchev–Trinajstić information content (AvgIpc) is 3.50. The quantitative estimate of drug-likeness (QED) is 0.557. The van der Waals surface area contributed by atoms with E-state index in [1.807, 2.05) is 11.8 Å². The minimum Gasteiger partial charge on any atom is -0.487 e. The number of hydrogen-bond donors (Lipinski definition) is 3. The number of hydrogen-bond acceptors (Lipinski definition) is 5. The molecule has 2 saturated heterocycles. The van der Waals surface area contributed by atoms with Crippen molar-refractivity contribution in [3.8, 4) is 5.75 Å². The number of likely N-dealkylation sites (tertiary alicyclic amines) is 1. The molecule has 3 N–H and O–H groups in total. The Morgan fingerprint density at radius 3 is 2.69 bits per heavy atom. The van der Waals surface area contributed by atoms with E-state index < -0.39 is 6.04 Å². The normalized spacial score (nSPS) is 28.2. The molecule has 0 spiro atoms. The zero-order valence-electron chi connectivity index (χ0n) is 21.4. The Morgan fingerprint density at radius 2 is 1.89 bits per heavy atom. The molecule has 1 saturated carbocycles. The van der Waals surface area contributed by atoms with E-state index in [1.54, 1.807) is 7.05 Å². The van der Waals surface area contributed by atoms with Gasteiger partial charge in [-0.3, -0.25) is 9.59 Å². The van der Waals surface area contributed by atoms with Crippen molar-refractivity contribution in [1.29, 1.82) is 0 Å². The van der Waals surface area contributed by atoms with Gasteiger partial charge in [-0.25, -0.2) is 0 Å². The first kappa shape index (κ1) is 24.6. The first-order valence-corrected chi connectivity index (χ1v) is 13.9. The number of amides is 2. The van der Waals surface area contributed by atoms with Gasteiger partial charge in [0.2, 0.25) is 11.8 Å². The van der Waals surface area contributed by atoms with Gasteiger partial charge in [-0.1, -0.05) is 31.4 Å². The molecule has 2 aliphatic carbocycles. The molecule has 5 rings (SSSR count). The van der Waals surface area contributed by atoms with Gasteiger partial charge in [-0.2, -0.15) is 0 Å². The highest BCUT2D eigenvalue weighted by atomic mass is 16.5. The molecule has 5 atom stereocenters. The fourth-order valence-corrected chi connectivity index (χ4v) is 6.71. The number of benzene rings is 1. The summed E-state index contributed by atoms with van der Waals surface area (Å²) in [6.45, 7) is 3.31. The van der Waals surface area contributed by atoms with Crippen LogP contribution in [0.3, 0.4) is 0 Å². The maximum atomic E-state index is 14.1. The maximum absolute atomic E-state index is 14.1. The Kier molecular flexibility index (Phi) is 7.63. The van der Waals surface area contributed by atoms with Gasteiger partial charge in [-0.15, -0.1) is 0 Å². The minimum absolute atomic E-state index is 0.00617. The zero-order chi connectivity index (χ0) is 24.4. The molecule has 192 valence electrons. The van der Waals surface area contributed by atoms with Crippen molar-refractivity contribution in [2.75, 3.05) is 20.1 Å². The van der Waals surface area contributed by atoms with Crippen molar-refractivity contribution in [3.63, 3.8) is 0 Å². The average molecular weight is 483 g/mol. The second-order valence-electron chi connectivity index (χ2n) is 11.0. The maximum Gasteiger partial charge on any atom is 0.245 e. The highest BCUT2D eigenvalue weighted by Crippen LogP contribution is 2.35. The van der Waals surface area contributed by atoms with E-state index in [2.05, 4.69) is 34.1 Å². The molecule has 0 aromatic heterocycles. The fourth-order valence-electron chi connectivity index (χ4n) is 6.71. The summed E-state index contributed by atoms with van der Waals surface area (Å²) in [6.07, 6.45) is 11.0. The molecule has 0 radical (unpaired) electrons. The number of ether oxygens (including phenoxy) is 1. The summed E-state index contributed by atoms with van der Waals surface area (Å²) in [5.41, 5.74) is 2.76. The van der Waals surface area contributed by atoms with Crippen molar-refractivity contribution in [2.24, 2.45) is 5.92 Å². The third kappa shape index (κ3) is 5.08. The number of fused-ring (bicyclic) bond motifs is 2. The second kappa shape index (κ2) is 10.9. The monoisotopic (exact) mass is 482 g/mol. The lowest BCUT2D eigenvalue weighted by molar-refractivity contribution is -0.140. The van der Waals surface area contributed by atoms with Gasteiger partial charge in [-0.05, 0) is 82.0 Å². The number of aryl methyl sites for hydroxylation is 1. The molecule has 35 heavy (non-hydrogen) atoms. The minimum atomic E-state index is -0.455. The predicted molar refractivity (Wildman–Crippen MR) is 136 cm³/mol. The highest BCUT2D eigenvalue weighted by Gasteiger charge is 2.49. The Bertz CT molecular complexity index is 915. The largest absolute Gasteiger partial charge is 0.487 e. The number of nitrogens with one attached hydrogen (secondary N) is 3. The topological polar surface area (TPSA) is 82.7 Å². The van der Waals surface area contributed by atoms with Crippen LogP contribution in [0.2, 0.25) is 0 Å². The standard InChI is InChI=1S/C28H42N4O3/c1-18(29-2)27(33)31-25(20-10-4-3-5-11-20)28(34)32-16-15-22-26(32)24(17-30-22)35-23-14-8-12-19-9-6-7-13-21(19)23/h8,12,14,18,20,22,24-26,29-30H,3-7,9-11,13,15-17H2,1-2H3,(H,31,33). The molecule has 7 nitrogen and oxygen atoms in total. The molecule has 3 fully saturated rings. The van der Waals surface area contributed by atoms with Crippen LogP contribution in [0.4, 0.5) is 0 Å². The van der Waals surface area contributed by atoms with Gasteiger partial charge in [0.05, 0.1) is 12.1 Å². The SMILES string of the molecule is CNC(C)C(=O)NC(C(=O)N1CCC2NCC(Oc3cccc4c3CCCC4)C21)C1CCCCC1. The Labute approximate surface area is 209 Å². The molecule has 7 heteroatoms. The van der Waals surface area contributed by atoms with Crippen LogP contribution in [0.25, 0.3) is 0 Å². The van der Waals surface area contributed by atoms with Crippen molar-refractivity contribution in [1.82, 2.24) is 20.9 Å². The van der Waals surface area contributed by atoms with Gasteiger partial charge in [0.25, 0.3) is 0 Å². The molecular formula is C28H42N4O3. The Morgan fingerprint density at radius 1 is 1.09 bits per heavy atom. The van der Waals surface area contributed by atoms with E-state index in [0.29, 0.717) is 6.54 Å². The molecule has 1 aromatic carbocycles. The van der Waals surface area contributed by atoms with E-state index in [0.717, 1.165) is 57.2 Å². The van der Waals surface area contributed by atoms with Crippen LogP contribution in [0.1, 0.15) is 69.4 Å². The van der Waals surface area contributed by atoms with Crippen molar-refractivity contribution < 1.29 is 14.3 Å². The van der Waals surface area contributed by atoms with E-state index in [-0.39, 0.29) is 42.0 Å². The number of carbonyl (C=O) groups is 2. The summed E-state index contributed by atoms with van der Waals surface area (Å²) in [7, 11) is 1.78. The Balaban J connectivity index is 1.35. The van der Waals surface area contributed by atoms with E-state index in [4.69, 9.17) is 4.74 Å². The summed E-state index contributed by atoms with van der Waals surface area (Å²) in [5.74, 6) is 1.18. The number of rotatable bonds is 7. The number of likely N-dealkylation sites (N-methyl/N-ethyl adjacent to an activating group) is 1. The molecule has 4 aliphatic rings. The first-order valence-electron chi connectivity index (χ1n) is 13.9. The van der Waals surface area contributed by atoms with Crippen molar-refractivity contribution >= 4 is 11.8 Å². The zero-order valence-corrected chi connectivity index (χ0v) is 21.4. The van der Waals surface area contributed by atoms with Gasteiger partial charge in [0.15, 0.2) is 0 Å². The first-order chi connectivity index (χ1) is 17.1. The van der Waals surface area contributed by atoms with Crippen LogP contribution in [0.15, 0.2) is 18.2 Å². The van der Waals surface area contributed by atoms with E-state index in [1.165, 1.54) is 30.4 Å². The second-order valence-corrected chi connectivity index (χ2v) is 11.0. The third-order valence-electron chi connectivity index (χ3n) is 8.84. The van der Waals surface area contributed by atoms with Crippen molar-refractivity contribution in [2.45, 2.75) is 101 Å². The number of carbonyl (C=O) groups excluding carboxylic acids is 2. The lowest BCUT2D eigenvalue weighted by Crippen LogP contribution is -2.58. The lowest BCUT2D eigenvalue weighted by atomic mass is 9.83. The van der Waals surface area contributed by atoms with E-state index in [9.17, 15) is 9.59 Å². The smallest absolute Gasteiger partial charge is 0.245 e. The molecule has 2 heterocycles. The number of nitrogens with zero attached hydrogens (tertiary/aromatic N) is 1. The van der Waals surface area contributed by atoms with E-state index >= 15 is 0 Å².